The van der Waals surface area contributed by atoms with Crippen LogP contribution in [0.1, 0.15) is 23.0 Å². The zero-order chi connectivity index (χ0) is 20.1. The summed E-state index contributed by atoms with van der Waals surface area (Å²) in [7, 11) is 0. The molecular weight excluding hydrogens is 374 g/mol. The number of nitrogens with zero attached hydrogens (tertiary/aromatic N) is 2. The van der Waals surface area contributed by atoms with Gasteiger partial charge in [0.1, 0.15) is 5.75 Å². The minimum atomic E-state index is -0.323. The topological polar surface area (TPSA) is 92.2 Å². The number of phenolic OH excluding ortho intramolecular Hbond substituents is 1. The number of ketones is 1. The third kappa shape index (κ3) is 4.95. The molecule has 0 bridgehead atoms. The summed E-state index contributed by atoms with van der Waals surface area (Å²) >= 11 is 1.25. The highest BCUT2D eigenvalue weighted by atomic mass is 32.2. The molecule has 1 aromatic heterocycles. The van der Waals surface area contributed by atoms with Crippen molar-refractivity contribution < 1.29 is 14.7 Å². The Morgan fingerprint density at radius 1 is 1.07 bits per heavy atom. The average Bonchev–Trinajstić information content (AvgIpc) is 2.68. The maximum Gasteiger partial charge on any atom is 0.221 e. The molecule has 142 valence electrons. The summed E-state index contributed by atoms with van der Waals surface area (Å²) in [4.78, 5) is 32.7. The SMILES string of the molecule is CC(=O)Nc1cc(C(=O)CSc2nc(C)cc(-c3ccccc3)n2)ccc1O. The van der Waals surface area contributed by atoms with Gasteiger partial charge in [-0.15, -0.1) is 0 Å². The normalized spacial score (nSPS) is 10.5. The molecule has 0 aliphatic carbocycles. The highest BCUT2D eigenvalue weighted by Gasteiger charge is 2.13. The van der Waals surface area contributed by atoms with E-state index < -0.39 is 0 Å². The molecule has 0 radical (unpaired) electrons. The van der Waals surface area contributed by atoms with Crippen molar-refractivity contribution in [1.29, 1.82) is 0 Å². The lowest BCUT2D eigenvalue weighted by atomic mass is 10.1. The number of phenols is 1. The van der Waals surface area contributed by atoms with Crippen LogP contribution < -0.4 is 5.32 Å². The van der Waals surface area contributed by atoms with Gasteiger partial charge in [0, 0.05) is 23.7 Å². The molecule has 0 aliphatic heterocycles. The van der Waals surface area contributed by atoms with Crippen LogP contribution in [0, 0.1) is 6.92 Å². The first-order chi connectivity index (χ1) is 13.4. The van der Waals surface area contributed by atoms with Crippen LogP contribution >= 0.6 is 11.8 Å². The van der Waals surface area contributed by atoms with Gasteiger partial charge in [-0.1, -0.05) is 42.1 Å². The van der Waals surface area contributed by atoms with E-state index in [-0.39, 0.29) is 28.9 Å². The minimum absolute atomic E-state index is 0.0890. The van der Waals surface area contributed by atoms with Crippen LogP contribution in [0.15, 0.2) is 59.8 Å². The third-order valence-corrected chi connectivity index (χ3v) is 4.71. The lowest BCUT2D eigenvalue weighted by Gasteiger charge is -2.08. The van der Waals surface area contributed by atoms with Crippen molar-refractivity contribution in [2.24, 2.45) is 0 Å². The number of carbonyl (C=O) groups is 2. The van der Waals surface area contributed by atoms with Gasteiger partial charge in [0.2, 0.25) is 5.91 Å². The molecule has 1 heterocycles. The van der Waals surface area contributed by atoms with Crippen LogP contribution in [0.2, 0.25) is 0 Å². The molecule has 0 aliphatic rings. The van der Waals surface area contributed by atoms with Gasteiger partial charge in [-0.25, -0.2) is 9.97 Å². The van der Waals surface area contributed by atoms with E-state index in [0.29, 0.717) is 10.7 Å². The predicted molar refractivity (Wildman–Crippen MR) is 110 cm³/mol. The number of aryl methyl sites for hydroxylation is 1. The Bertz CT molecular complexity index is 1020. The maximum absolute atomic E-state index is 12.5. The quantitative estimate of drug-likeness (QED) is 0.284. The lowest BCUT2D eigenvalue weighted by molar-refractivity contribution is -0.114. The zero-order valence-corrected chi connectivity index (χ0v) is 16.3. The van der Waals surface area contributed by atoms with Crippen LogP contribution in [0.3, 0.4) is 0 Å². The lowest BCUT2D eigenvalue weighted by Crippen LogP contribution is -2.08. The van der Waals surface area contributed by atoms with Crippen molar-refractivity contribution in [2.45, 2.75) is 19.0 Å². The van der Waals surface area contributed by atoms with Gasteiger partial charge < -0.3 is 10.4 Å². The van der Waals surface area contributed by atoms with Crippen molar-refractivity contribution in [2.75, 3.05) is 11.1 Å². The van der Waals surface area contributed by atoms with E-state index in [4.69, 9.17) is 0 Å². The molecular formula is C21H19N3O3S. The van der Waals surface area contributed by atoms with E-state index in [1.165, 1.54) is 36.9 Å². The Morgan fingerprint density at radius 3 is 2.54 bits per heavy atom. The molecule has 28 heavy (non-hydrogen) atoms. The predicted octanol–water partition coefficient (Wildman–Crippen LogP) is 4.09. The molecule has 0 unspecified atom stereocenters. The number of amides is 1. The second-order valence-corrected chi connectivity index (χ2v) is 7.11. The molecule has 7 heteroatoms. The third-order valence-electron chi connectivity index (χ3n) is 3.86. The number of nitrogens with one attached hydrogen (secondary N) is 1. The van der Waals surface area contributed by atoms with E-state index >= 15 is 0 Å². The van der Waals surface area contributed by atoms with Gasteiger partial charge in [-0.3, -0.25) is 9.59 Å². The summed E-state index contributed by atoms with van der Waals surface area (Å²) in [6.45, 7) is 3.23. The molecule has 1 amide bonds. The van der Waals surface area contributed by atoms with Crippen molar-refractivity contribution in [3.05, 3.63) is 65.9 Å². The van der Waals surface area contributed by atoms with Gasteiger partial charge in [-0.05, 0) is 31.2 Å². The fourth-order valence-corrected chi connectivity index (χ4v) is 3.37. The number of hydrogen-bond donors (Lipinski definition) is 2. The van der Waals surface area contributed by atoms with Crippen molar-refractivity contribution in [3.8, 4) is 17.0 Å². The van der Waals surface area contributed by atoms with Gasteiger partial charge in [0.15, 0.2) is 10.9 Å². The Morgan fingerprint density at radius 2 is 1.82 bits per heavy atom. The molecule has 3 aromatic rings. The van der Waals surface area contributed by atoms with Crippen LogP contribution in [0.25, 0.3) is 11.3 Å². The number of Topliss-reactive ketones (excluding diaryl/α,β-unsaturated/α-hetero) is 1. The molecule has 0 atom stereocenters. The fourth-order valence-electron chi connectivity index (χ4n) is 2.58. The number of aromatic hydroxyl groups is 1. The van der Waals surface area contributed by atoms with Gasteiger partial charge in [-0.2, -0.15) is 0 Å². The minimum Gasteiger partial charge on any atom is -0.506 e. The highest BCUT2D eigenvalue weighted by Crippen LogP contribution is 2.26. The van der Waals surface area contributed by atoms with Gasteiger partial charge in [0.25, 0.3) is 0 Å². The summed E-state index contributed by atoms with van der Waals surface area (Å²) in [5.41, 5.74) is 3.22. The van der Waals surface area contributed by atoms with Gasteiger partial charge in [0.05, 0.1) is 17.1 Å². The van der Waals surface area contributed by atoms with E-state index in [9.17, 15) is 14.7 Å². The number of anilines is 1. The van der Waals surface area contributed by atoms with Crippen LogP contribution in [-0.4, -0.2) is 32.5 Å². The number of benzene rings is 2. The number of hydrogen-bond acceptors (Lipinski definition) is 6. The monoisotopic (exact) mass is 393 g/mol. The van der Waals surface area contributed by atoms with Crippen molar-refractivity contribution >= 4 is 29.1 Å². The highest BCUT2D eigenvalue weighted by molar-refractivity contribution is 7.99. The van der Waals surface area contributed by atoms with Crippen molar-refractivity contribution in [1.82, 2.24) is 9.97 Å². The second-order valence-electron chi connectivity index (χ2n) is 6.17. The Labute approximate surface area is 167 Å². The van der Waals surface area contributed by atoms with Crippen LogP contribution in [-0.2, 0) is 4.79 Å². The second kappa shape index (κ2) is 8.67. The fraction of sp³-hybridized carbons (Fsp3) is 0.143. The number of carbonyl (C=O) groups excluding carboxylic acids is 2. The van der Waals surface area contributed by atoms with Crippen LogP contribution in [0.4, 0.5) is 5.69 Å². The smallest absolute Gasteiger partial charge is 0.221 e. The number of aromatic nitrogens is 2. The van der Waals surface area contributed by atoms with E-state index in [2.05, 4.69) is 15.3 Å². The first-order valence-electron chi connectivity index (χ1n) is 8.60. The van der Waals surface area contributed by atoms with E-state index in [1.807, 2.05) is 43.3 Å². The Hall–Kier alpha value is -3.19. The summed E-state index contributed by atoms with van der Waals surface area (Å²) in [6.07, 6.45) is 0. The molecule has 3 rings (SSSR count). The molecule has 0 saturated heterocycles. The number of rotatable bonds is 6. The van der Waals surface area contributed by atoms with E-state index in [0.717, 1.165) is 17.0 Å². The molecule has 2 aromatic carbocycles. The molecule has 0 saturated carbocycles. The maximum atomic E-state index is 12.5. The first kappa shape index (κ1) is 19.6. The molecule has 2 N–H and O–H groups in total. The zero-order valence-electron chi connectivity index (χ0n) is 15.5. The molecule has 0 spiro atoms. The van der Waals surface area contributed by atoms with Crippen molar-refractivity contribution in [3.63, 3.8) is 0 Å². The molecule has 0 fully saturated rings. The van der Waals surface area contributed by atoms with Gasteiger partial charge >= 0.3 is 0 Å². The standard InChI is InChI=1S/C21H19N3O3S/c1-13-10-17(15-6-4-3-5-7-15)24-21(22-13)28-12-20(27)16-8-9-19(26)18(11-16)23-14(2)25/h3-11,26H,12H2,1-2H3,(H,23,25). The summed E-state index contributed by atoms with van der Waals surface area (Å²) in [5, 5.41) is 12.8. The Kier molecular flexibility index (Phi) is 6.06. The number of thioether (sulfide) groups is 1. The Balaban J connectivity index is 1.75. The first-order valence-corrected chi connectivity index (χ1v) is 9.58. The summed E-state index contributed by atoms with van der Waals surface area (Å²) in [6, 6.07) is 16.1. The average molecular weight is 393 g/mol. The largest absolute Gasteiger partial charge is 0.506 e. The summed E-state index contributed by atoms with van der Waals surface area (Å²) < 4.78 is 0. The van der Waals surface area contributed by atoms with Crippen LogP contribution in [0.5, 0.6) is 5.75 Å². The van der Waals surface area contributed by atoms with E-state index in [1.54, 1.807) is 0 Å². The summed E-state index contributed by atoms with van der Waals surface area (Å²) in [5.74, 6) is -0.421. The molecule has 6 nitrogen and oxygen atoms in total.